The average molecular weight is 535 g/mol. The van der Waals surface area contributed by atoms with Crippen molar-refractivity contribution in [3.8, 4) is 11.4 Å². The van der Waals surface area contributed by atoms with Gasteiger partial charge in [-0.3, -0.25) is 0 Å². The highest BCUT2D eigenvalue weighted by Gasteiger charge is 2.38. The van der Waals surface area contributed by atoms with Crippen molar-refractivity contribution in [2.75, 3.05) is 4.81 Å². The largest absolute Gasteiger partial charge is 0.374 e. The van der Waals surface area contributed by atoms with E-state index < -0.39 is 0 Å². The SMILES string of the molecule is c1ccc(B2c3cc4ccccc4n3-c3ccccc3N2c2ccc3c(c2)c2ccccc2n3-c2ccccc2)cc1. The summed E-state index contributed by atoms with van der Waals surface area (Å²) in [6, 6.07) is 57.2. The average Bonchev–Trinajstić information content (AvgIpc) is 3.61. The van der Waals surface area contributed by atoms with Crippen LogP contribution in [-0.2, 0) is 0 Å². The van der Waals surface area contributed by atoms with Crippen molar-refractivity contribution >= 4 is 62.0 Å². The maximum Gasteiger partial charge on any atom is 0.345 e. The van der Waals surface area contributed by atoms with Crippen LogP contribution < -0.4 is 15.9 Å². The molecular formula is C38H26BN3. The van der Waals surface area contributed by atoms with Gasteiger partial charge < -0.3 is 13.9 Å². The van der Waals surface area contributed by atoms with Gasteiger partial charge in [-0.25, -0.2) is 0 Å². The first-order valence-electron chi connectivity index (χ1n) is 14.5. The van der Waals surface area contributed by atoms with Crippen LogP contribution in [0.25, 0.3) is 44.1 Å². The molecule has 0 spiro atoms. The van der Waals surface area contributed by atoms with Gasteiger partial charge in [0, 0.05) is 27.7 Å². The number of fused-ring (bicyclic) bond motifs is 8. The van der Waals surface area contributed by atoms with Crippen molar-refractivity contribution in [3.63, 3.8) is 0 Å². The standard InChI is InChI=1S/C38H26BN3/c1-3-14-28(15-4-1)39-38-25-27-13-7-9-19-33(27)41(38)36-21-11-12-22-37(36)42(39)30-23-24-35-32(26-30)31-18-8-10-20-34(31)40(35)29-16-5-2-6-17-29/h1-26H. The Morgan fingerprint density at radius 2 is 1.05 bits per heavy atom. The molecule has 0 bridgehead atoms. The molecule has 0 atom stereocenters. The van der Waals surface area contributed by atoms with Crippen LogP contribution in [0.15, 0.2) is 158 Å². The molecule has 3 nitrogen and oxygen atoms in total. The van der Waals surface area contributed by atoms with E-state index >= 15 is 0 Å². The van der Waals surface area contributed by atoms with Gasteiger partial charge in [0.2, 0.25) is 0 Å². The lowest BCUT2D eigenvalue weighted by Gasteiger charge is -2.38. The summed E-state index contributed by atoms with van der Waals surface area (Å²) >= 11 is 0. The van der Waals surface area contributed by atoms with Gasteiger partial charge in [0.25, 0.3) is 0 Å². The van der Waals surface area contributed by atoms with Gasteiger partial charge in [-0.05, 0) is 71.5 Å². The van der Waals surface area contributed by atoms with E-state index in [-0.39, 0.29) is 6.85 Å². The summed E-state index contributed by atoms with van der Waals surface area (Å²) < 4.78 is 4.84. The summed E-state index contributed by atoms with van der Waals surface area (Å²) in [5, 5.41) is 3.77. The lowest BCUT2D eigenvalue weighted by Crippen LogP contribution is -2.59. The molecule has 0 radical (unpaired) electrons. The minimum absolute atomic E-state index is 0.00780. The van der Waals surface area contributed by atoms with E-state index in [4.69, 9.17) is 0 Å². The van der Waals surface area contributed by atoms with Crippen LogP contribution in [0, 0.1) is 0 Å². The highest BCUT2D eigenvalue weighted by Crippen LogP contribution is 2.40. The van der Waals surface area contributed by atoms with Crippen LogP contribution in [0.5, 0.6) is 0 Å². The molecule has 0 amide bonds. The van der Waals surface area contributed by atoms with Gasteiger partial charge >= 0.3 is 6.85 Å². The van der Waals surface area contributed by atoms with Gasteiger partial charge in [0.05, 0.1) is 27.9 Å². The van der Waals surface area contributed by atoms with Crippen molar-refractivity contribution < 1.29 is 0 Å². The zero-order chi connectivity index (χ0) is 27.6. The third kappa shape index (κ3) is 3.29. The van der Waals surface area contributed by atoms with Crippen molar-refractivity contribution in [1.82, 2.24) is 9.13 Å². The highest BCUT2D eigenvalue weighted by molar-refractivity contribution is 6.89. The van der Waals surface area contributed by atoms with E-state index in [0.29, 0.717) is 0 Å². The predicted octanol–water partition coefficient (Wildman–Crippen LogP) is 7.99. The van der Waals surface area contributed by atoms with Gasteiger partial charge in [0.15, 0.2) is 0 Å². The van der Waals surface area contributed by atoms with Gasteiger partial charge in [-0.1, -0.05) is 97.1 Å². The Kier molecular flexibility index (Phi) is 4.99. The molecule has 42 heavy (non-hydrogen) atoms. The topological polar surface area (TPSA) is 13.1 Å². The predicted molar refractivity (Wildman–Crippen MR) is 178 cm³/mol. The molecule has 0 N–H and O–H groups in total. The summed E-state index contributed by atoms with van der Waals surface area (Å²) in [4.78, 5) is 2.53. The Morgan fingerprint density at radius 1 is 0.405 bits per heavy atom. The van der Waals surface area contributed by atoms with Gasteiger partial charge in [-0.2, -0.15) is 0 Å². The van der Waals surface area contributed by atoms with E-state index in [2.05, 4.69) is 172 Å². The van der Waals surface area contributed by atoms with Crippen molar-refractivity contribution in [3.05, 3.63) is 158 Å². The number of benzene rings is 6. The first kappa shape index (κ1) is 23.3. The molecule has 8 aromatic rings. The van der Waals surface area contributed by atoms with Crippen molar-refractivity contribution in [2.24, 2.45) is 0 Å². The summed E-state index contributed by atoms with van der Waals surface area (Å²) in [5.41, 5.74) is 11.0. The molecule has 9 rings (SSSR count). The van der Waals surface area contributed by atoms with Gasteiger partial charge in [0.1, 0.15) is 0 Å². The summed E-state index contributed by atoms with van der Waals surface area (Å²) in [6.45, 7) is 0.00780. The second-order valence-corrected chi connectivity index (χ2v) is 11.0. The molecule has 0 aliphatic carbocycles. The Labute approximate surface area is 244 Å². The third-order valence-corrected chi connectivity index (χ3v) is 8.72. The van der Waals surface area contributed by atoms with E-state index in [1.807, 2.05) is 0 Å². The molecule has 0 saturated carbocycles. The summed E-state index contributed by atoms with van der Waals surface area (Å²) in [6.07, 6.45) is 0. The molecule has 196 valence electrons. The number of anilines is 2. The van der Waals surface area contributed by atoms with E-state index in [9.17, 15) is 0 Å². The number of aromatic nitrogens is 2. The molecule has 1 aliphatic rings. The first-order chi connectivity index (χ1) is 20.9. The van der Waals surface area contributed by atoms with Crippen LogP contribution >= 0.6 is 0 Å². The zero-order valence-electron chi connectivity index (χ0n) is 22.9. The molecule has 0 unspecified atom stereocenters. The summed E-state index contributed by atoms with van der Waals surface area (Å²) in [7, 11) is 0. The first-order valence-corrected chi connectivity index (χ1v) is 14.5. The Balaban J connectivity index is 1.34. The quantitative estimate of drug-likeness (QED) is 0.209. The maximum absolute atomic E-state index is 2.53. The molecule has 6 aromatic carbocycles. The number of rotatable bonds is 3. The minimum atomic E-state index is 0.00780. The van der Waals surface area contributed by atoms with Gasteiger partial charge in [-0.15, -0.1) is 0 Å². The smallest absolute Gasteiger partial charge is 0.345 e. The summed E-state index contributed by atoms with van der Waals surface area (Å²) in [5.74, 6) is 0. The molecule has 1 aliphatic heterocycles. The molecule has 3 heterocycles. The van der Waals surface area contributed by atoms with Crippen LogP contribution in [0.4, 0.5) is 11.4 Å². The molecule has 4 heteroatoms. The fraction of sp³-hybridized carbons (Fsp3) is 0. The molecule has 2 aromatic heterocycles. The fourth-order valence-electron chi connectivity index (χ4n) is 6.98. The van der Waals surface area contributed by atoms with E-state index in [1.165, 1.54) is 66.5 Å². The molecule has 0 saturated heterocycles. The second kappa shape index (κ2) is 9.02. The van der Waals surface area contributed by atoms with Crippen molar-refractivity contribution in [2.45, 2.75) is 0 Å². The Bertz CT molecular complexity index is 2260. The zero-order valence-corrected chi connectivity index (χ0v) is 22.9. The monoisotopic (exact) mass is 535 g/mol. The number of hydrogen-bond donors (Lipinski definition) is 0. The normalized spacial score (nSPS) is 12.7. The number of para-hydroxylation sites is 5. The second-order valence-electron chi connectivity index (χ2n) is 11.0. The number of nitrogens with zero attached hydrogens (tertiary/aromatic N) is 3. The fourth-order valence-corrected chi connectivity index (χ4v) is 6.98. The maximum atomic E-state index is 2.53. The van der Waals surface area contributed by atoms with Crippen LogP contribution in [0.1, 0.15) is 0 Å². The third-order valence-electron chi connectivity index (χ3n) is 8.72. The molecule has 0 fully saturated rings. The van der Waals surface area contributed by atoms with Crippen LogP contribution in [0.3, 0.4) is 0 Å². The Hall–Kier alpha value is -5.48. The molecular weight excluding hydrogens is 509 g/mol. The minimum Gasteiger partial charge on any atom is -0.374 e. The highest BCUT2D eigenvalue weighted by atomic mass is 15.2. The lowest BCUT2D eigenvalue weighted by atomic mass is 9.50. The van der Waals surface area contributed by atoms with Crippen LogP contribution in [-0.4, -0.2) is 16.0 Å². The van der Waals surface area contributed by atoms with Crippen LogP contribution in [0.2, 0.25) is 0 Å². The Morgan fingerprint density at radius 3 is 1.88 bits per heavy atom. The van der Waals surface area contributed by atoms with Crippen molar-refractivity contribution in [1.29, 1.82) is 0 Å². The lowest BCUT2D eigenvalue weighted by molar-refractivity contribution is 1.12. The number of hydrogen-bond acceptors (Lipinski definition) is 1. The van der Waals surface area contributed by atoms with E-state index in [0.717, 1.165) is 0 Å². The van der Waals surface area contributed by atoms with E-state index in [1.54, 1.807) is 0 Å².